The lowest BCUT2D eigenvalue weighted by molar-refractivity contribution is 0.0437. The van der Waals surface area contributed by atoms with E-state index in [9.17, 15) is 14.7 Å². The van der Waals surface area contributed by atoms with Crippen molar-refractivity contribution in [2.75, 3.05) is 7.11 Å². The number of aliphatic hydroxyl groups is 1. The Kier molecular flexibility index (Phi) is 4.42. The van der Waals surface area contributed by atoms with Gasteiger partial charge in [-0.1, -0.05) is 6.07 Å². The van der Waals surface area contributed by atoms with Crippen molar-refractivity contribution in [3.63, 3.8) is 0 Å². The summed E-state index contributed by atoms with van der Waals surface area (Å²) in [6.07, 6.45) is -0.975. The zero-order valence-electron chi connectivity index (χ0n) is 13.2. The number of nitrogens with one attached hydrogen (secondary N) is 1. The van der Waals surface area contributed by atoms with Crippen LogP contribution < -0.4 is 5.32 Å². The SMILES string of the molecule is COC(=O)c1ccc2c(c1)CC(O)[C@@H]2NC(=O)OC(C)(C)C. The van der Waals surface area contributed by atoms with Crippen LogP contribution in [0, 0.1) is 0 Å². The predicted octanol–water partition coefficient (Wildman–Crippen LogP) is 1.96. The van der Waals surface area contributed by atoms with Gasteiger partial charge >= 0.3 is 12.1 Å². The first kappa shape index (κ1) is 16.3. The molecule has 1 aromatic carbocycles. The summed E-state index contributed by atoms with van der Waals surface area (Å²) in [6.45, 7) is 5.32. The van der Waals surface area contributed by atoms with Crippen molar-refractivity contribution in [1.29, 1.82) is 0 Å². The molecule has 0 aromatic heterocycles. The number of carbonyl (C=O) groups excluding carboxylic acids is 2. The molecule has 2 rings (SSSR count). The zero-order valence-corrected chi connectivity index (χ0v) is 13.2. The van der Waals surface area contributed by atoms with Gasteiger partial charge in [0.25, 0.3) is 0 Å². The van der Waals surface area contributed by atoms with Crippen LogP contribution in [0.2, 0.25) is 0 Å². The van der Waals surface area contributed by atoms with Gasteiger partial charge in [0.2, 0.25) is 0 Å². The van der Waals surface area contributed by atoms with Crippen LogP contribution in [0.3, 0.4) is 0 Å². The van der Waals surface area contributed by atoms with E-state index in [1.165, 1.54) is 7.11 Å². The van der Waals surface area contributed by atoms with Gasteiger partial charge in [-0.25, -0.2) is 9.59 Å². The lowest BCUT2D eigenvalue weighted by Gasteiger charge is -2.23. The van der Waals surface area contributed by atoms with E-state index in [4.69, 9.17) is 4.74 Å². The largest absolute Gasteiger partial charge is 0.465 e. The summed E-state index contributed by atoms with van der Waals surface area (Å²) in [6, 6.07) is 4.48. The lowest BCUT2D eigenvalue weighted by atomic mass is 10.0. The molecule has 0 bridgehead atoms. The Hall–Kier alpha value is -2.08. The molecule has 1 aromatic rings. The number of hydrogen-bond acceptors (Lipinski definition) is 5. The van der Waals surface area contributed by atoms with Gasteiger partial charge in [0.1, 0.15) is 5.60 Å². The van der Waals surface area contributed by atoms with E-state index in [2.05, 4.69) is 10.1 Å². The molecule has 0 saturated carbocycles. The van der Waals surface area contributed by atoms with Gasteiger partial charge in [0.05, 0.1) is 24.8 Å². The number of hydrogen-bond donors (Lipinski definition) is 2. The number of fused-ring (bicyclic) bond motifs is 1. The van der Waals surface area contributed by atoms with E-state index >= 15 is 0 Å². The first-order valence-corrected chi connectivity index (χ1v) is 7.10. The minimum atomic E-state index is -0.754. The molecule has 22 heavy (non-hydrogen) atoms. The molecule has 6 heteroatoms. The molecular weight excluding hydrogens is 286 g/mol. The maximum atomic E-state index is 11.9. The standard InChI is InChI=1S/C16H21NO5/c1-16(2,3)22-15(20)17-13-11-6-5-9(14(19)21-4)7-10(11)8-12(13)18/h5-7,12-13,18H,8H2,1-4H3,(H,17,20)/t12?,13-/m1/s1. The van der Waals surface area contributed by atoms with Crippen molar-refractivity contribution in [3.8, 4) is 0 Å². The second kappa shape index (κ2) is 5.96. The predicted molar refractivity (Wildman–Crippen MR) is 79.6 cm³/mol. The number of esters is 1. The Morgan fingerprint density at radius 1 is 1.32 bits per heavy atom. The first-order chi connectivity index (χ1) is 10.2. The Labute approximate surface area is 129 Å². The van der Waals surface area contributed by atoms with Crippen LogP contribution in [0.15, 0.2) is 18.2 Å². The highest BCUT2D eigenvalue weighted by atomic mass is 16.6. The molecule has 0 saturated heterocycles. The van der Waals surface area contributed by atoms with Gasteiger partial charge in [-0.2, -0.15) is 0 Å². The summed E-state index contributed by atoms with van der Waals surface area (Å²) in [5, 5.41) is 12.8. The van der Waals surface area contributed by atoms with Crippen molar-refractivity contribution >= 4 is 12.1 Å². The van der Waals surface area contributed by atoms with E-state index < -0.39 is 29.8 Å². The minimum absolute atomic E-state index is 0.362. The number of rotatable bonds is 2. The highest BCUT2D eigenvalue weighted by molar-refractivity contribution is 5.89. The zero-order chi connectivity index (χ0) is 16.5. The van der Waals surface area contributed by atoms with E-state index in [1.54, 1.807) is 39.0 Å². The lowest BCUT2D eigenvalue weighted by Crippen LogP contribution is -2.38. The number of ether oxygens (including phenoxy) is 2. The Balaban J connectivity index is 2.17. The van der Waals surface area contributed by atoms with Gasteiger partial charge in [-0.3, -0.25) is 0 Å². The Morgan fingerprint density at radius 2 is 2.00 bits per heavy atom. The molecule has 0 spiro atoms. The molecule has 6 nitrogen and oxygen atoms in total. The van der Waals surface area contributed by atoms with Crippen LogP contribution in [-0.4, -0.2) is 36.0 Å². The van der Waals surface area contributed by atoms with E-state index in [-0.39, 0.29) is 0 Å². The summed E-state index contributed by atoms with van der Waals surface area (Å²) in [5.74, 6) is -0.430. The maximum Gasteiger partial charge on any atom is 0.408 e. The first-order valence-electron chi connectivity index (χ1n) is 7.10. The van der Waals surface area contributed by atoms with E-state index in [0.29, 0.717) is 12.0 Å². The molecule has 0 radical (unpaired) electrons. The summed E-state index contributed by atoms with van der Waals surface area (Å²) in [7, 11) is 1.32. The average molecular weight is 307 g/mol. The van der Waals surface area contributed by atoms with Crippen LogP contribution >= 0.6 is 0 Å². The smallest absolute Gasteiger partial charge is 0.408 e. The molecule has 0 fully saturated rings. The molecule has 2 atom stereocenters. The third kappa shape index (κ3) is 3.57. The maximum absolute atomic E-state index is 11.9. The van der Waals surface area contributed by atoms with E-state index in [1.807, 2.05) is 0 Å². The van der Waals surface area contributed by atoms with Gasteiger partial charge in [0.15, 0.2) is 0 Å². The Morgan fingerprint density at radius 3 is 2.59 bits per heavy atom. The molecule has 120 valence electrons. The number of aliphatic hydroxyl groups excluding tert-OH is 1. The van der Waals surface area contributed by atoms with Crippen LogP contribution in [0.5, 0.6) is 0 Å². The van der Waals surface area contributed by atoms with Gasteiger partial charge < -0.3 is 19.9 Å². The average Bonchev–Trinajstić information content (AvgIpc) is 2.71. The fraction of sp³-hybridized carbons (Fsp3) is 0.500. The third-order valence-corrected chi connectivity index (χ3v) is 3.39. The second-order valence-electron chi connectivity index (χ2n) is 6.30. The van der Waals surface area contributed by atoms with Gasteiger partial charge in [-0.15, -0.1) is 0 Å². The molecule has 1 aliphatic carbocycles. The van der Waals surface area contributed by atoms with E-state index in [0.717, 1.165) is 11.1 Å². The van der Waals surface area contributed by atoms with Crippen molar-refractivity contribution in [3.05, 3.63) is 34.9 Å². The highest BCUT2D eigenvalue weighted by Crippen LogP contribution is 2.32. The van der Waals surface area contributed by atoms with Crippen molar-refractivity contribution < 1.29 is 24.2 Å². The number of alkyl carbamates (subject to hydrolysis) is 1. The molecule has 2 N–H and O–H groups in total. The quantitative estimate of drug-likeness (QED) is 0.816. The monoisotopic (exact) mass is 307 g/mol. The fourth-order valence-electron chi connectivity index (χ4n) is 2.49. The molecule has 1 unspecified atom stereocenters. The summed E-state index contributed by atoms with van der Waals surface area (Å²) in [4.78, 5) is 23.4. The van der Waals surface area contributed by atoms with Gasteiger partial charge in [0, 0.05) is 6.42 Å². The molecule has 0 heterocycles. The summed E-state index contributed by atoms with van der Waals surface area (Å²) in [5.41, 5.74) is 1.42. The number of carbonyl (C=O) groups is 2. The molecule has 0 aliphatic heterocycles. The Bertz CT molecular complexity index is 591. The third-order valence-electron chi connectivity index (χ3n) is 3.39. The molecule has 1 aliphatic rings. The molecular formula is C16H21NO5. The topological polar surface area (TPSA) is 84.9 Å². The second-order valence-corrected chi connectivity index (χ2v) is 6.30. The number of methoxy groups -OCH3 is 1. The summed E-state index contributed by atoms with van der Waals surface area (Å²) < 4.78 is 9.89. The number of benzene rings is 1. The van der Waals surface area contributed by atoms with Crippen LogP contribution in [0.4, 0.5) is 4.79 Å². The van der Waals surface area contributed by atoms with Crippen molar-refractivity contribution in [2.24, 2.45) is 0 Å². The molecule has 1 amide bonds. The minimum Gasteiger partial charge on any atom is -0.465 e. The van der Waals surface area contributed by atoms with Crippen molar-refractivity contribution in [2.45, 2.75) is 44.9 Å². The van der Waals surface area contributed by atoms with Crippen LogP contribution in [-0.2, 0) is 15.9 Å². The van der Waals surface area contributed by atoms with Crippen molar-refractivity contribution in [1.82, 2.24) is 5.32 Å². The van der Waals surface area contributed by atoms with Gasteiger partial charge in [-0.05, 0) is 44.0 Å². The highest BCUT2D eigenvalue weighted by Gasteiger charge is 2.34. The van der Waals surface area contributed by atoms with Crippen LogP contribution in [0.25, 0.3) is 0 Å². The number of amides is 1. The van der Waals surface area contributed by atoms with Crippen LogP contribution in [0.1, 0.15) is 48.3 Å². The normalized spacial score (nSPS) is 20.2. The fourth-order valence-corrected chi connectivity index (χ4v) is 2.49. The summed E-state index contributed by atoms with van der Waals surface area (Å²) >= 11 is 0.